The van der Waals surface area contributed by atoms with Gasteiger partial charge in [-0.05, 0) is 36.4 Å². The van der Waals surface area contributed by atoms with Crippen LogP contribution < -0.4 is 4.74 Å². The fraction of sp³-hybridized carbons (Fsp3) is 0. The Morgan fingerprint density at radius 2 is 1.76 bits per heavy atom. The number of nitriles is 2. The highest BCUT2D eigenvalue weighted by Crippen LogP contribution is 2.23. The molecule has 0 fully saturated rings. The van der Waals surface area contributed by atoms with Crippen molar-refractivity contribution in [2.24, 2.45) is 0 Å². The molecule has 17 heavy (non-hydrogen) atoms. The zero-order chi connectivity index (χ0) is 12.1. The summed E-state index contributed by atoms with van der Waals surface area (Å²) in [5.41, 5.74) is 0.793. The molecule has 0 amide bonds. The molecule has 1 aromatic carbocycles. The summed E-state index contributed by atoms with van der Waals surface area (Å²) in [5, 5.41) is 17.5. The van der Waals surface area contributed by atoms with Gasteiger partial charge >= 0.3 is 0 Å². The number of hydrogen-bond donors (Lipinski definition) is 0. The van der Waals surface area contributed by atoms with Gasteiger partial charge in [-0.3, -0.25) is 0 Å². The number of ether oxygens (including phenoxy) is 1. The molecule has 1 aromatic heterocycles. The normalized spacial score (nSPS) is 9.06. The van der Waals surface area contributed by atoms with Crippen molar-refractivity contribution in [2.45, 2.75) is 0 Å². The van der Waals surface area contributed by atoms with Crippen molar-refractivity contribution in [3.63, 3.8) is 0 Å². The molecule has 0 saturated heterocycles. The van der Waals surface area contributed by atoms with Crippen molar-refractivity contribution >= 4 is 0 Å². The molecule has 2 rings (SSSR count). The second kappa shape index (κ2) is 4.78. The van der Waals surface area contributed by atoms with Crippen LogP contribution in [0.4, 0.5) is 0 Å². The van der Waals surface area contributed by atoms with Crippen LogP contribution in [0.1, 0.15) is 11.3 Å². The average molecular weight is 221 g/mol. The van der Waals surface area contributed by atoms with Crippen molar-refractivity contribution in [3.8, 4) is 23.6 Å². The van der Waals surface area contributed by atoms with Crippen LogP contribution in [0.25, 0.3) is 0 Å². The summed E-state index contributed by atoms with van der Waals surface area (Å²) >= 11 is 0. The summed E-state index contributed by atoms with van der Waals surface area (Å²) in [5.74, 6) is 0.966. The quantitative estimate of drug-likeness (QED) is 0.781. The van der Waals surface area contributed by atoms with Crippen molar-refractivity contribution in [2.75, 3.05) is 0 Å². The van der Waals surface area contributed by atoms with Gasteiger partial charge in [0.2, 0.25) is 0 Å². The van der Waals surface area contributed by atoms with E-state index >= 15 is 0 Å². The first kappa shape index (κ1) is 10.7. The summed E-state index contributed by atoms with van der Waals surface area (Å²) in [6, 6.07) is 14.0. The molecular formula is C13H7N3O. The van der Waals surface area contributed by atoms with Crippen LogP contribution in [0.3, 0.4) is 0 Å². The Kier molecular flexibility index (Phi) is 3.00. The van der Waals surface area contributed by atoms with Crippen molar-refractivity contribution in [1.82, 2.24) is 4.98 Å². The van der Waals surface area contributed by atoms with Crippen molar-refractivity contribution in [1.29, 1.82) is 10.5 Å². The van der Waals surface area contributed by atoms with Gasteiger partial charge < -0.3 is 4.74 Å². The number of nitrogens with zero attached hydrogens (tertiary/aromatic N) is 3. The van der Waals surface area contributed by atoms with Crippen LogP contribution in [0.5, 0.6) is 11.5 Å². The molecule has 0 aliphatic rings. The highest BCUT2D eigenvalue weighted by Gasteiger charge is 2.04. The van der Waals surface area contributed by atoms with Gasteiger partial charge in [-0.25, -0.2) is 4.98 Å². The lowest BCUT2D eigenvalue weighted by atomic mass is 10.2. The predicted molar refractivity (Wildman–Crippen MR) is 60.2 cm³/mol. The molecule has 0 aliphatic heterocycles. The Labute approximate surface area is 98.3 Å². The van der Waals surface area contributed by atoms with Gasteiger partial charge in [0.1, 0.15) is 11.8 Å². The lowest BCUT2D eigenvalue weighted by Crippen LogP contribution is -1.90. The van der Waals surface area contributed by atoms with E-state index in [0.717, 1.165) is 0 Å². The van der Waals surface area contributed by atoms with E-state index in [1.165, 1.54) is 6.20 Å². The largest absolute Gasteiger partial charge is 0.454 e. The minimum Gasteiger partial charge on any atom is -0.454 e. The Morgan fingerprint density at radius 1 is 1.00 bits per heavy atom. The first-order chi connectivity index (χ1) is 8.33. The minimum atomic E-state index is 0.233. The molecule has 0 radical (unpaired) electrons. The SMILES string of the molecule is N#Cc1ccc(Oc2cccnc2C#N)cc1. The lowest BCUT2D eigenvalue weighted by molar-refractivity contribution is 0.478. The molecule has 4 heteroatoms. The van der Waals surface area contributed by atoms with Gasteiger partial charge in [-0.2, -0.15) is 10.5 Å². The van der Waals surface area contributed by atoms with Gasteiger partial charge in [0, 0.05) is 6.20 Å². The van der Waals surface area contributed by atoms with Crippen molar-refractivity contribution < 1.29 is 4.74 Å². The number of aromatic nitrogens is 1. The van der Waals surface area contributed by atoms with Crippen LogP contribution >= 0.6 is 0 Å². The monoisotopic (exact) mass is 221 g/mol. The van der Waals surface area contributed by atoms with Gasteiger partial charge in [0.05, 0.1) is 11.6 Å². The molecule has 2 aromatic rings. The van der Waals surface area contributed by atoms with Crippen LogP contribution in [0.2, 0.25) is 0 Å². The zero-order valence-corrected chi connectivity index (χ0v) is 8.79. The molecule has 0 atom stereocenters. The second-order valence-electron chi connectivity index (χ2n) is 3.20. The maximum Gasteiger partial charge on any atom is 0.183 e. The zero-order valence-electron chi connectivity index (χ0n) is 8.79. The first-order valence-corrected chi connectivity index (χ1v) is 4.86. The predicted octanol–water partition coefficient (Wildman–Crippen LogP) is 2.62. The van der Waals surface area contributed by atoms with E-state index in [4.69, 9.17) is 15.3 Å². The molecule has 80 valence electrons. The molecule has 0 bridgehead atoms. The molecule has 1 heterocycles. The minimum absolute atomic E-state index is 0.233. The van der Waals surface area contributed by atoms with E-state index in [0.29, 0.717) is 17.1 Å². The summed E-state index contributed by atoms with van der Waals surface area (Å²) < 4.78 is 5.51. The maximum atomic E-state index is 8.84. The van der Waals surface area contributed by atoms with E-state index in [1.54, 1.807) is 36.4 Å². The molecule has 0 spiro atoms. The number of pyridine rings is 1. The summed E-state index contributed by atoms with van der Waals surface area (Å²) in [7, 11) is 0. The third-order valence-electron chi connectivity index (χ3n) is 2.09. The number of benzene rings is 1. The standard InChI is InChI=1S/C13H7N3O/c14-8-10-3-5-11(6-4-10)17-13-2-1-7-16-12(13)9-15/h1-7H. The van der Waals surface area contributed by atoms with Gasteiger partial charge in [-0.1, -0.05) is 0 Å². The number of rotatable bonds is 2. The van der Waals surface area contributed by atoms with Crippen LogP contribution in [-0.2, 0) is 0 Å². The van der Waals surface area contributed by atoms with Gasteiger partial charge in [0.15, 0.2) is 11.4 Å². The fourth-order valence-corrected chi connectivity index (χ4v) is 1.28. The topological polar surface area (TPSA) is 69.7 Å². The molecular weight excluding hydrogens is 214 g/mol. The van der Waals surface area contributed by atoms with Gasteiger partial charge in [-0.15, -0.1) is 0 Å². The van der Waals surface area contributed by atoms with E-state index < -0.39 is 0 Å². The Morgan fingerprint density at radius 3 is 2.41 bits per heavy atom. The summed E-state index contributed by atoms with van der Waals surface area (Å²) in [6.45, 7) is 0. The summed E-state index contributed by atoms with van der Waals surface area (Å²) in [6.07, 6.45) is 1.53. The average Bonchev–Trinajstić information content (AvgIpc) is 2.40. The molecule has 0 saturated carbocycles. The van der Waals surface area contributed by atoms with Crippen LogP contribution in [-0.4, -0.2) is 4.98 Å². The van der Waals surface area contributed by atoms with E-state index in [1.807, 2.05) is 12.1 Å². The van der Waals surface area contributed by atoms with Crippen molar-refractivity contribution in [3.05, 3.63) is 53.9 Å². The second-order valence-corrected chi connectivity index (χ2v) is 3.20. The third kappa shape index (κ3) is 2.39. The van der Waals surface area contributed by atoms with Gasteiger partial charge in [0.25, 0.3) is 0 Å². The molecule has 0 N–H and O–H groups in total. The van der Waals surface area contributed by atoms with Crippen LogP contribution in [0.15, 0.2) is 42.6 Å². The lowest BCUT2D eigenvalue weighted by Gasteiger charge is -2.05. The Bertz CT molecular complexity index is 606. The highest BCUT2D eigenvalue weighted by molar-refractivity contribution is 5.41. The molecule has 0 unspecified atom stereocenters. The van der Waals surface area contributed by atoms with E-state index in [9.17, 15) is 0 Å². The molecule has 4 nitrogen and oxygen atoms in total. The van der Waals surface area contributed by atoms with Crippen LogP contribution in [0, 0.1) is 22.7 Å². The molecule has 0 aliphatic carbocycles. The fourth-order valence-electron chi connectivity index (χ4n) is 1.28. The third-order valence-corrected chi connectivity index (χ3v) is 2.09. The smallest absolute Gasteiger partial charge is 0.183 e. The Hall–Kier alpha value is -2.85. The Balaban J connectivity index is 2.26. The number of hydrogen-bond acceptors (Lipinski definition) is 4. The van der Waals surface area contributed by atoms with E-state index in [2.05, 4.69) is 4.98 Å². The first-order valence-electron chi connectivity index (χ1n) is 4.86. The maximum absolute atomic E-state index is 8.84. The van der Waals surface area contributed by atoms with E-state index in [-0.39, 0.29) is 5.69 Å². The highest BCUT2D eigenvalue weighted by atomic mass is 16.5. The summed E-state index contributed by atoms with van der Waals surface area (Å²) in [4.78, 5) is 3.89.